The number of aliphatic imine (C=N–C) groups is 1. The highest BCUT2D eigenvalue weighted by Crippen LogP contribution is 2.22. The third-order valence-corrected chi connectivity index (χ3v) is 5.53. The van der Waals surface area contributed by atoms with Gasteiger partial charge in [-0.2, -0.15) is 0 Å². The predicted molar refractivity (Wildman–Crippen MR) is 116 cm³/mol. The van der Waals surface area contributed by atoms with Crippen molar-refractivity contribution in [2.75, 3.05) is 39.8 Å². The van der Waals surface area contributed by atoms with Gasteiger partial charge in [-0.05, 0) is 63.2 Å². The molecule has 5 heteroatoms. The molecule has 1 aromatic heterocycles. The Bertz CT molecular complexity index is 748. The van der Waals surface area contributed by atoms with Gasteiger partial charge in [0.2, 0.25) is 0 Å². The molecule has 1 fully saturated rings. The highest BCUT2D eigenvalue weighted by Gasteiger charge is 2.16. The van der Waals surface area contributed by atoms with Gasteiger partial charge in [0, 0.05) is 43.3 Å². The molecule has 0 bridgehead atoms. The summed E-state index contributed by atoms with van der Waals surface area (Å²) in [7, 11) is 2.21. The third kappa shape index (κ3) is 5.25. The highest BCUT2D eigenvalue weighted by atomic mass is 15.2. The van der Waals surface area contributed by atoms with Crippen LogP contribution in [0.5, 0.6) is 0 Å². The zero-order chi connectivity index (χ0) is 19.1. The van der Waals surface area contributed by atoms with Crippen LogP contribution in [0.1, 0.15) is 37.8 Å². The molecule has 3 N–H and O–H groups in total. The van der Waals surface area contributed by atoms with Crippen LogP contribution in [0.15, 0.2) is 29.4 Å². The van der Waals surface area contributed by atoms with E-state index >= 15 is 0 Å². The van der Waals surface area contributed by atoms with Gasteiger partial charge in [-0.3, -0.25) is 4.99 Å². The van der Waals surface area contributed by atoms with E-state index in [-0.39, 0.29) is 0 Å². The number of hydrogen-bond donors (Lipinski definition) is 3. The van der Waals surface area contributed by atoms with E-state index in [2.05, 4.69) is 65.8 Å². The number of para-hydroxylation sites is 1. The summed E-state index contributed by atoms with van der Waals surface area (Å²) in [5.74, 6) is 1.63. The number of aromatic amines is 1. The van der Waals surface area contributed by atoms with Crippen LogP contribution in [0.2, 0.25) is 0 Å². The molecule has 1 atom stereocenters. The normalized spacial score (nSPS) is 18.8. The number of H-pyrrole nitrogens is 1. The lowest BCUT2D eigenvalue weighted by molar-refractivity contribution is 0.214. The second-order valence-corrected chi connectivity index (χ2v) is 7.67. The Morgan fingerprint density at radius 2 is 2.15 bits per heavy atom. The van der Waals surface area contributed by atoms with Crippen molar-refractivity contribution in [2.24, 2.45) is 10.9 Å². The van der Waals surface area contributed by atoms with Gasteiger partial charge in [-0.1, -0.05) is 25.1 Å². The SMILES string of the molecule is CCNC(=NCC1CCCN(C)C1)NCCc1c[nH]c2c(CC)cccc12. The van der Waals surface area contributed by atoms with Crippen molar-refractivity contribution in [3.8, 4) is 0 Å². The van der Waals surface area contributed by atoms with E-state index in [0.29, 0.717) is 5.92 Å². The third-order valence-electron chi connectivity index (χ3n) is 5.53. The van der Waals surface area contributed by atoms with Crippen LogP contribution in [-0.4, -0.2) is 55.6 Å². The fourth-order valence-corrected chi connectivity index (χ4v) is 4.08. The zero-order valence-corrected chi connectivity index (χ0v) is 17.1. The van der Waals surface area contributed by atoms with Crippen molar-refractivity contribution < 1.29 is 0 Å². The van der Waals surface area contributed by atoms with E-state index in [1.807, 2.05) is 0 Å². The molecule has 0 aliphatic carbocycles. The maximum Gasteiger partial charge on any atom is 0.191 e. The fraction of sp³-hybridized carbons (Fsp3) is 0.591. The number of nitrogens with zero attached hydrogens (tertiary/aromatic N) is 2. The van der Waals surface area contributed by atoms with Crippen molar-refractivity contribution in [1.29, 1.82) is 0 Å². The minimum Gasteiger partial charge on any atom is -0.361 e. The number of fused-ring (bicyclic) bond motifs is 1. The molecule has 2 heterocycles. The number of likely N-dealkylation sites (tertiary alicyclic amines) is 1. The van der Waals surface area contributed by atoms with E-state index in [1.54, 1.807) is 0 Å². The molecule has 5 nitrogen and oxygen atoms in total. The van der Waals surface area contributed by atoms with Gasteiger partial charge >= 0.3 is 0 Å². The summed E-state index contributed by atoms with van der Waals surface area (Å²) < 4.78 is 0. The second-order valence-electron chi connectivity index (χ2n) is 7.67. The number of benzene rings is 1. The summed E-state index contributed by atoms with van der Waals surface area (Å²) in [6, 6.07) is 6.59. The molecular formula is C22H35N5. The molecule has 1 aliphatic rings. The lowest BCUT2D eigenvalue weighted by atomic mass is 9.99. The maximum atomic E-state index is 4.84. The van der Waals surface area contributed by atoms with Crippen LogP contribution >= 0.6 is 0 Å². The molecule has 148 valence electrons. The Balaban J connectivity index is 1.56. The number of nitrogens with one attached hydrogen (secondary N) is 3. The van der Waals surface area contributed by atoms with Crippen molar-refractivity contribution in [1.82, 2.24) is 20.5 Å². The molecule has 0 amide bonds. The van der Waals surface area contributed by atoms with Crippen LogP contribution in [0.4, 0.5) is 0 Å². The molecule has 1 unspecified atom stereocenters. The molecule has 2 aromatic rings. The number of aromatic nitrogens is 1. The van der Waals surface area contributed by atoms with Crippen molar-refractivity contribution in [3.05, 3.63) is 35.5 Å². The van der Waals surface area contributed by atoms with Crippen LogP contribution in [0.3, 0.4) is 0 Å². The first kappa shape index (κ1) is 19.7. The van der Waals surface area contributed by atoms with Crippen molar-refractivity contribution in [3.63, 3.8) is 0 Å². The predicted octanol–water partition coefficient (Wildman–Crippen LogP) is 3.17. The topological polar surface area (TPSA) is 55.5 Å². The molecule has 27 heavy (non-hydrogen) atoms. The summed E-state index contributed by atoms with van der Waals surface area (Å²) in [5, 5.41) is 8.25. The number of aryl methyl sites for hydroxylation is 1. The smallest absolute Gasteiger partial charge is 0.191 e. The second kappa shape index (κ2) is 9.79. The number of guanidine groups is 1. The standard InChI is InChI=1S/C22H35N5/c1-4-18-9-6-10-20-19(15-25-21(18)20)11-12-24-22(23-5-2)26-14-17-8-7-13-27(3)16-17/h6,9-10,15,17,25H,4-5,7-8,11-14,16H2,1-3H3,(H2,23,24,26). The number of piperidine rings is 1. The molecule has 3 rings (SSSR count). The molecule has 0 spiro atoms. The molecule has 1 saturated heterocycles. The Morgan fingerprint density at radius 1 is 1.26 bits per heavy atom. The lowest BCUT2D eigenvalue weighted by Crippen LogP contribution is -2.39. The minimum atomic E-state index is 0.681. The summed E-state index contributed by atoms with van der Waals surface area (Å²) in [6.45, 7) is 9.41. The molecular weight excluding hydrogens is 334 g/mol. The van der Waals surface area contributed by atoms with Gasteiger partial charge < -0.3 is 20.5 Å². The van der Waals surface area contributed by atoms with Crippen molar-refractivity contribution >= 4 is 16.9 Å². The van der Waals surface area contributed by atoms with E-state index in [9.17, 15) is 0 Å². The zero-order valence-electron chi connectivity index (χ0n) is 17.1. The fourth-order valence-electron chi connectivity index (χ4n) is 4.08. The monoisotopic (exact) mass is 369 g/mol. The minimum absolute atomic E-state index is 0.681. The first-order valence-corrected chi connectivity index (χ1v) is 10.5. The maximum absolute atomic E-state index is 4.84. The number of rotatable bonds is 7. The summed E-state index contributed by atoms with van der Waals surface area (Å²) in [5.41, 5.74) is 4.05. The van der Waals surface area contributed by atoms with E-state index in [1.165, 1.54) is 41.4 Å². The Hall–Kier alpha value is -2.01. The first-order chi connectivity index (χ1) is 13.2. The van der Waals surface area contributed by atoms with Gasteiger partial charge in [0.15, 0.2) is 5.96 Å². The van der Waals surface area contributed by atoms with Crippen LogP contribution in [0, 0.1) is 5.92 Å². The summed E-state index contributed by atoms with van der Waals surface area (Å²) in [4.78, 5) is 10.7. The molecule has 0 saturated carbocycles. The van der Waals surface area contributed by atoms with Gasteiger partial charge in [-0.25, -0.2) is 0 Å². The first-order valence-electron chi connectivity index (χ1n) is 10.5. The largest absolute Gasteiger partial charge is 0.361 e. The quantitative estimate of drug-likeness (QED) is 0.519. The lowest BCUT2D eigenvalue weighted by Gasteiger charge is -2.28. The summed E-state index contributed by atoms with van der Waals surface area (Å²) in [6.07, 6.45) is 6.80. The Morgan fingerprint density at radius 3 is 2.93 bits per heavy atom. The highest BCUT2D eigenvalue weighted by molar-refractivity contribution is 5.86. The van der Waals surface area contributed by atoms with Gasteiger partial charge in [0.05, 0.1) is 0 Å². The van der Waals surface area contributed by atoms with Crippen LogP contribution in [-0.2, 0) is 12.8 Å². The van der Waals surface area contributed by atoms with Gasteiger partial charge in [0.1, 0.15) is 0 Å². The van der Waals surface area contributed by atoms with E-state index < -0.39 is 0 Å². The average molecular weight is 370 g/mol. The van der Waals surface area contributed by atoms with Crippen LogP contribution in [0.25, 0.3) is 10.9 Å². The molecule has 1 aromatic carbocycles. The van der Waals surface area contributed by atoms with Crippen molar-refractivity contribution in [2.45, 2.75) is 39.5 Å². The van der Waals surface area contributed by atoms with E-state index in [4.69, 9.17) is 4.99 Å². The molecule has 0 radical (unpaired) electrons. The van der Waals surface area contributed by atoms with Gasteiger partial charge in [-0.15, -0.1) is 0 Å². The van der Waals surface area contributed by atoms with Crippen LogP contribution < -0.4 is 10.6 Å². The van der Waals surface area contributed by atoms with Gasteiger partial charge in [0.25, 0.3) is 0 Å². The Labute approximate surface area is 163 Å². The summed E-state index contributed by atoms with van der Waals surface area (Å²) >= 11 is 0. The molecule has 1 aliphatic heterocycles. The average Bonchev–Trinajstić information content (AvgIpc) is 3.09. The Kier molecular flexibility index (Phi) is 7.16. The number of hydrogen-bond acceptors (Lipinski definition) is 2. The van der Waals surface area contributed by atoms with E-state index in [0.717, 1.165) is 45.0 Å².